The van der Waals surface area contributed by atoms with E-state index >= 15 is 0 Å². The van der Waals surface area contributed by atoms with Gasteiger partial charge in [-0.1, -0.05) is 12.1 Å². The molecule has 106 valence electrons. The molecule has 0 spiro atoms. The first-order valence-corrected chi connectivity index (χ1v) is 6.57. The Hall–Kier alpha value is -2.30. The molecule has 0 aliphatic carbocycles. The van der Waals surface area contributed by atoms with Gasteiger partial charge in [-0.25, -0.2) is 4.98 Å². The number of carbonyl (C=O) groups excluding carboxylic acids is 1. The van der Waals surface area contributed by atoms with Gasteiger partial charge in [0, 0.05) is 45.6 Å². The fourth-order valence-corrected chi connectivity index (χ4v) is 1.98. The lowest BCUT2D eigenvalue weighted by molar-refractivity contribution is -0.121. The molecule has 2 aromatic rings. The molecule has 0 radical (unpaired) electrons. The Kier molecular flexibility index (Phi) is 4.40. The van der Waals surface area contributed by atoms with Crippen LogP contribution < -0.4 is 10.2 Å². The van der Waals surface area contributed by atoms with Gasteiger partial charge in [-0.3, -0.25) is 4.79 Å². The van der Waals surface area contributed by atoms with Gasteiger partial charge in [0.1, 0.15) is 12.4 Å². The zero-order valence-corrected chi connectivity index (χ0v) is 12.1. The van der Waals surface area contributed by atoms with Gasteiger partial charge in [-0.2, -0.15) is 0 Å². The second-order valence-electron chi connectivity index (χ2n) is 4.88. The van der Waals surface area contributed by atoms with E-state index in [1.165, 1.54) is 11.3 Å². The van der Waals surface area contributed by atoms with Gasteiger partial charge in [-0.15, -0.1) is 0 Å². The summed E-state index contributed by atoms with van der Waals surface area (Å²) >= 11 is 0. The van der Waals surface area contributed by atoms with Crippen molar-refractivity contribution in [3.8, 4) is 0 Å². The van der Waals surface area contributed by atoms with Crippen molar-refractivity contribution in [3.63, 3.8) is 0 Å². The molecule has 1 aromatic carbocycles. The first-order chi connectivity index (χ1) is 9.60. The highest BCUT2D eigenvalue weighted by Crippen LogP contribution is 2.14. The monoisotopic (exact) mass is 272 g/mol. The topological polar surface area (TPSA) is 50.2 Å². The summed E-state index contributed by atoms with van der Waals surface area (Å²) in [6.45, 7) is 0.307. The average Bonchev–Trinajstić information content (AvgIpc) is 2.86. The van der Waals surface area contributed by atoms with Gasteiger partial charge in [-0.05, 0) is 17.7 Å². The molecule has 5 heteroatoms. The van der Waals surface area contributed by atoms with Crippen LogP contribution in [0.4, 0.5) is 5.69 Å². The molecule has 0 atom stereocenters. The van der Waals surface area contributed by atoms with E-state index in [0.717, 1.165) is 12.2 Å². The third-order valence-electron chi connectivity index (χ3n) is 3.21. The predicted octanol–water partition coefficient (Wildman–Crippen LogP) is 1.29. The zero-order chi connectivity index (χ0) is 14.5. The molecule has 2 rings (SSSR count). The number of rotatable bonds is 5. The minimum Gasteiger partial charge on any atom is -0.378 e. The van der Waals surface area contributed by atoms with E-state index in [-0.39, 0.29) is 5.91 Å². The van der Waals surface area contributed by atoms with Gasteiger partial charge in [0.15, 0.2) is 0 Å². The number of benzene rings is 1. The summed E-state index contributed by atoms with van der Waals surface area (Å²) in [5, 5.41) is 2.62. The number of amides is 1. The van der Waals surface area contributed by atoms with Crippen LogP contribution in [0.5, 0.6) is 0 Å². The summed E-state index contributed by atoms with van der Waals surface area (Å²) in [5.41, 5.74) is 2.35. The molecule has 0 fully saturated rings. The lowest BCUT2D eigenvalue weighted by atomic mass is 10.1. The van der Waals surface area contributed by atoms with Crippen LogP contribution in [0.1, 0.15) is 11.4 Å². The van der Waals surface area contributed by atoms with Crippen LogP contribution >= 0.6 is 0 Å². The van der Waals surface area contributed by atoms with Gasteiger partial charge in [0.05, 0.1) is 0 Å². The maximum atomic E-state index is 11.4. The van der Waals surface area contributed by atoms with Gasteiger partial charge < -0.3 is 14.8 Å². The van der Waals surface area contributed by atoms with Crippen molar-refractivity contribution < 1.29 is 4.79 Å². The lowest BCUT2D eigenvalue weighted by Gasteiger charge is -2.13. The Morgan fingerprint density at radius 3 is 2.60 bits per heavy atom. The normalized spacial score (nSPS) is 10.3. The number of aromatic nitrogens is 2. The zero-order valence-electron chi connectivity index (χ0n) is 12.1. The van der Waals surface area contributed by atoms with Crippen molar-refractivity contribution in [1.82, 2.24) is 14.9 Å². The highest BCUT2D eigenvalue weighted by Gasteiger charge is 2.07. The average molecular weight is 272 g/mol. The minimum atomic E-state index is -0.0211. The maximum absolute atomic E-state index is 11.4. The highest BCUT2D eigenvalue weighted by molar-refractivity contribution is 5.75. The summed E-state index contributed by atoms with van der Waals surface area (Å²) in [6, 6.07) is 8.35. The third-order valence-corrected chi connectivity index (χ3v) is 3.21. The van der Waals surface area contributed by atoms with Crippen molar-refractivity contribution in [2.24, 2.45) is 0 Å². The van der Waals surface area contributed by atoms with Crippen molar-refractivity contribution in [2.75, 3.05) is 26.0 Å². The lowest BCUT2D eigenvalue weighted by Crippen LogP contribution is -2.24. The molecule has 5 nitrogen and oxygen atoms in total. The number of nitrogens with one attached hydrogen (secondary N) is 1. The third kappa shape index (κ3) is 3.38. The number of hydrogen-bond donors (Lipinski definition) is 1. The first-order valence-electron chi connectivity index (χ1n) is 6.57. The van der Waals surface area contributed by atoms with E-state index < -0.39 is 0 Å². The smallest absolute Gasteiger partial charge is 0.239 e. The molecule has 0 saturated carbocycles. The van der Waals surface area contributed by atoms with Crippen LogP contribution in [-0.4, -0.2) is 36.6 Å². The molecule has 0 unspecified atom stereocenters. The predicted molar refractivity (Wildman–Crippen MR) is 79.9 cm³/mol. The highest BCUT2D eigenvalue weighted by atomic mass is 16.1. The van der Waals surface area contributed by atoms with E-state index in [1.54, 1.807) is 13.2 Å². The quantitative estimate of drug-likeness (QED) is 0.892. The van der Waals surface area contributed by atoms with Gasteiger partial charge in [0.2, 0.25) is 5.91 Å². The summed E-state index contributed by atoms with van der Waals surface area (Å²) in [5.74, 6) is 0.874. The number of likely N-dealkylation sites (N-methyl/N-ethyl adjacent to an activating group) is 1. The van der Waals surface area contributed by atoms with Crippen LogP contribution in [-0.2, 0) is 17.8 Å². The molecular weight excluding hydrogens is 252 g/mol. The first kappa shape index (κ1) is 14.1. The summed E-state index contributed by atoms with van der Waals surface area (Å²) in [4.78, 5) is 17.8. The van der Waals surface area contributed by atoms with Crippen molar-refractivity contribution in [2.45, 2.75) is 13.0 Å². The van der Waals surface area contributed by atoms with Crippen LogP contribution in [0.15, 0.2) is 36.7 Å². The fraction of sp³-hybridized carbons (Fsp3) is 0.333. The van der Waals surface area contributed by atoms with Crippen LogP contribution in [0.2, 0.25) is 0 Å². The number of nitrogens with zero attached hydrogens (tertiary/aromatic N) is 3. The largest absolute Gasteiger partial charge is 0.378 e. The molecule has 1 aromatic heterocycles. The van der Waals surface area contributed by atoms with E-state index in [2.05, 4.69) is 39.5 Å². The number of hydrogen-bond acceptors (Lipinski definition) is 3. The number of carbonyl (C=O) groups is 1. The van der Waals surface area contributed by atoms with Crippen molar-refractivity contribution >= 4 is 11.6 Å². The Morgan fingerprint density at radius 2 is 2.00 bits per heavy atom. The Bertz CT molecular complexity index is 572. The summed E-state index contributed by atoms with van der Waals surface area (Å²) in [7, 11) is 5.68. The summed E-state index contributed by atoms with van der Waals surface area (Å²) in [6.07, 6.45) is 4.28. The van der Waals surface area contributed by atoms with Crippen LogP contribution in [0.25, 0.3) is 0 Å². The van der Waals surface area contributed by atoms with E-state index in [9.17, 15) is 4.79 Å². The molecular formula is C15H20N4O. The SMILES string of the molecule is CNC(=O)Cn1ccnc1Cc1ccc(N(C)C)cc1. The molecule has 0 saturated heterocycles. The number of imidazole rings is 1. The number of anilines is 1. The van der Waals surface area contributed by atoms with Gasteiger partial charge in [0.25, 0.3) is 0 Å². The molecule has 1 N–H and O–H groups in total. The minimum absolute atomic E-state index is 0.0211. The van der Waals surface area contributed by atoms with E-state index in [1.807, 2.05) is 24.9 Å². The second-order valence-corrected chi connectivity index (χ2v) is 4.88. The second kappa shape index (κ2) is 6.23. The molecule has 0 bridgehead atoms. The molecule has 0 aliphatic rings. The van der Waals surface area contributed by atoms with E-state index in [0.29, 0.717) is 6.54 Å². The molecule has 0 aliphatic heterocycles. The standard InChI is InChI=1S/C15H20N4O/c1-16-15(20)11-19-9-8-17-14(19)10-12-4-6-13(7-5-12)18(2)3/h4-9H,10-11H2,1-3H3,(H,16,20). The molecule has 20 heavy (non-hydrogen) atoms. The maximum Gasteiger partial charge on any atom is 0.239 e. The van der Waals surface area contributed by atoms with E-state index in [4.69, 9.17) is 0 Å². The Balaban J connectivity index is 2.10. The van der Waals surface area contributed by atoms with Crippen LogP contribution in [0, 0.1) is 0 Å². The fourth-order valence-electron chi connectivity index (χ4n) is 1.98. The Labute approximate surface area is 119 Å². The van der Waals surface area contributed by atoms with Crippen molar-refractivity contribution in [1.29, 1.82) is 0 Å². The van der Waals surface area contributed by atoms with Gasteiger partial charge >= 0.3 is 0 Å². The van der Waals surface area contributed by atoms with Crippen LogP contribution in [0.3, 0.4) is 0 Å². The molecule has 1 amide bonds. The summed E-state index contributed by atoms with van der Waals surface area (Å²) < 4.78 is 1.87. The van der Waals surface area contributed by atoms with Crippen molar-refractivity contribution in [3.05, 3.63) is 48.0 Å². The molecule has 1 heterocycles. The Morgan fingerprint density at radius 1 is 1.30 bits per heavy atom.